The molecular weight excluding hydrogens is 306 g/mol. The second-order valence-electron chi connectivity index (χ2n) is 5.14. The number of benzene rings is 1. The summed E-state index contributed by atoms with van der Waals surface area (Å²) in [5, 5.41) is 0.977. The van der Waals surface area contributed by atoms with Crippen LogP contribution in [0.4, 0.5) is 5.69 Å². The van der Waals surface area contributed by atoms with E-state index in [9.17, 15) is 4.79 Å². The molecule has 1 atom stereocenters. The topological polar surface area (TPSA) is 29.5 Å². The average Bonchev–Trinajstić information content (AvgIpc) is 3.07. The number of carbonyl (C=O) groups is 1. The Morgan fingerprint density at radius 3 is 3.11 bits per heavy atom. The van der Waals surface area contributed by atoms with Gasteiger partial charge in [0, 0.05) is 24.2 Å². The summed E-state index contributed by atoms with van der Waals surface area (Å²) in [5.41, 5.74) is 3.71. The minimum atomic E-state index is -0.215. The molecule has 1 unspecified atom stereocenters. The predicted octanol–water partition coefficient (Wildman–Crippen LogP) is 2.69. The Kier molecular flexibility index (Phi) is 3.89. The first-order chi connectivity index (χ1) is 9.29. The molecule has 0 saturated carbocycles. The number of halogens is 1. The maximum absolute atomic E-state index is 12.4. The summed E-state index contributed by atoms with van der Waals surface area (Å²) in [5.74, 6) is 0.143. The van der Waals surface area contributed by atoms with Crippen molar-refractivity contribution in [2.24, 2.45) is 0 Å². The number of rotatable bonds is 3. The summed E-state index contributed by atoms with van der Waals surface area (Å²) in [6, 6.07) is 6.45. The van der Waals surface area contributed by atoms with Gasteiger partial charge in [0.05, 0.1) is 0 Å². The molecule has 1 fully saturated rings. The lowest BCUT2D eigenvalue weighted by Gasteiger charge is -2.21. The van der Waals surface area contributed by atoms with E-state index in [2.05, 4.69) is 34.1 Å². The van der Waals surface area contributed by atoms with Crippen LogP contribution in [0.1, 0.15) is 24.0 Å². The number of alkyl halides is 1. The zero-order valence-electron chi connectivity index (χ0n) is 10.9. The van der Waals surface area contributed by atoms with E-state index in [4.69, 9.17) is 4.74 Å². The van der Waals surface area contributed by atoms with E-state index in [1.165, 1.54) is 11.1 Å². The van der Waals surface area contributed by atoms with Gasteiger partial charge in [-0.3, -0.25) is 4.79 Å². The van der Waals surface area contributed by atoms with Crippen LogP contribution in [0, 0.1) is 0 Å². The van der Waals surface area contributed by atoms with E-state index in [1.807, 2.05) is 4.90 Å². The van der Waals surface area contributed by atoms with Gasteiger partial charge in [-0.15, -0.1) is 0 Å². The minimum absolute atomic E-state index is 0.143. The molecule has 1 saturated heterocycles. The monoisotopic (exact) mass is 323 g/mol. The van der Waals surface area contributed by atoms with Crippen LogP contribution in [0.2, 0.25) is 0 Å². The lowest BCUT2D eigenvalue weighted by Crippen LogP contribution is -2.37. The number of anilines is 1. The summed E-state index contributed by atoms with van der Waals surface area (Å²) in [4.78, 5) is 14.3. The van der Waals surface area contributed by atoms with Gasteiger partial charge in [0.25, 0.3) is 5.91 Å². The van der Waals surface area contributed by atoms with Gasteiger partial charge in [0.1, 0.15) is 6.10 Å². The van der Waals surface area contributed by atoms with E-state index < -0.39 is 0 Å². The number of aryl methyl sites for hydroxylation is 1. The lowest BCUT2D eigenvalue weighted by molar-refractivity contribution is -0.127. The summed E-state index contributed by atoms with van der Waals surface area (Å²) < 4.78 is 5.51. The third-order valence-corrected chi connectivity index (χ3v) is 4.29. The highest BCUT2D eigenvalue weighted by Crippen LogP contribution is 2.31. The van der Waals surface area contributed by atoms with Crippen LogP contribution in [0.5, 0.6) is 0 Å². The van der Waals surface area contributed by atoms with E-state index >= 15 is 0 Å². The summed E-state index contributed by atoms with van der Waals surface area (Å²) in [7, 11) is 0. The van der Waals surface area contributed by atoms with Crippen LogP contribution in [0.15, 0.2) is 18.2 Å². The number of ether oxygens (including phenoxy) is 1. The van der Waals surface area contributed by atoms with Crippen molar-refractivity contribution in [1.82, 2.24) is 0 Å². The molecule has 0 N–H and O–H groups in total. The Morgan fingerprint density at radius 1 is 1.47 bits per heavy atom. The molecule has 0 aliphatic carbocycles. The molecular formula is C15H18BrNO2. The minimum Gasteiger partial charge on any atom is -0.368 e. The third-order valence-electron chi connectivity index (χ3n) is 3.89. The molecule has 1 aromatic rings. The highest BCUT2D eigenvalue weighted by molar-refractivity contribution is 9.09. The fourth-order valence-electron chi connectivity index (χ4n) is 2.89. The quantitative estimate of drug-likeness (QED) is 0.800. The molecule has 0 aromatic heterocycles. The van der Waals surface area contributed by atoms with Crippen molar-refractivity contribution in [3.05, 3.63) is 29.3 Å². The summed E-state index contributed by atoms with van der Waals surface area (Å²) in [6.07, 6.45) is 3.65. The van der Waals surface area contributed by atoms with Crippen LogP contribution in [-0.2, 0) is 22.4 Å². The standard InChI is InChI=1S/C15H18BrNO2/c16-7-5-11-3-4-13-12(10-11)6-8-17(13)15(18)14-2-1-9-19-14/h3-4,10,14H,1-2,5-9H2. The molecule has 4 heteroatoms. The van der Waals surface area contributed by atoms with Crippen molar-refractivity contribution in [1.29, 1.82) is 0 Å². The zero-order valence-corrected chi connectivity index (χ0v) is 12.5. The molecule has 2 aliphatic rings. The molecule has 0 spiro atoms. The largest absolute Gasteiger partial charge is 0.368 e. The molecule has 3 nitrogen and oxygen atoms in total. The van der Waals surface area contributed by atoms with E-state index in [1.54, 1.807) is 0 Å². The second-order valence-corrected chi connectivity index (χ2v) is 5.94. The Hall–Kier alpha value is -0.870. The maximum Gasteiger partial charge on any atom is 0.256 e. The van der Waals surface area contributed by atoms with Gasteiger partial charge in [0.15, 0.2) is 0 Å². The van der Waals surface area contributed by atoms with E-state index in [-0.39, 0.29) is 12.0 Å². The number of hydrogen-bond acceptors (Lipinski definition) is 2. The normalized spacial score (nSPS) is 21.7. The molecule has 1 amide bonds. The molecule has 19 heavy (non-hydrogen) atoms. The van der Waals surface area contributed by atoms with Crippen LogP contribution in [0.3, 0.4) is 0 Å². The van der Waals surface area contributed by atoms with Gasteiger partial charge < -0.3 is 9.64 Å². The zero-order chi connectivity index (χ0) is 13.2. The fourth-order valence-corrected chi connectivity index (χ4v) is 3.35. The molecule has 3 rings (SSSR count). The number of amides is 1. The summed E-state index contributed by atoms with van der Waals surface area (Å²) >= 11 is 3.47. The van der Waals surface area contributed by atoms with Crippen molar-refractivity contribution >= 4 is 27.5 Å². The molecule has 2 heterocycles. The van der Waals surface area contributed by atoms with Gasteiger partial charge in [-0.1, -0.05) is 28.1 Å². The first-order valence-electron chi connectivity index (χ1n) is 6.90. The Bertz CT molecular complexity index is 483. The average molecular weight is 324 g/mol. The van der Waals surface area contributed by atoms with E-state index in [0.29, 0.717) is 0 Å². The summed E-state index contributed by atoms with van der Waals surface area (Å²) in [6.45, 7) is 1.52. The van der Waals surface area contributed by atoms with Crippen molar-refractivity contribution < 1.29 is 9.53 Å². The SMILES string of the molecule is O=C(C1CCCO1)N1CCc2cc(CCBr)ccc21. The first kappa shape index (κ1) is 13.1. The first-order valence-corrected chi connectivity index (χ1v) is 8.02. The molecule has 0 bridgehead atoms. The van der Waals surface area contributed by atoms with Gasteiger partial charge >= 0.3 is 0 Å². The van der Waals surface area contributed by atoms with Crippen LogP contribution in [-0.4, -0.2) is 30.5 Å². The van der Waals surface area contributed by atoms with Crippen molar-refractivity contribution in [3.8, 4) is 0 Å². The van der Waals surface area contributed by atoms with E-state index in [0.717, 1.165) is 49.9 Å². The number of fused-ring (bicyclic) bond motifs is 1. The molecule has 0 radical (unpaired) electrons. The van der Waals surface area contributed by atoms with Gasteiger partial charge in [-0.25, -0.2) is 0 Å². The Balaban J connectivity index is 1.79. The highest BCUT2D eigenvalue weighted by atomic mass is 79.9. The smallest absolute Gasteiger partial charge is 0.256 e. The molecule has 102 valence electrons. The predicted molar refractivity (Wildman–Crippen MR) is 79.0 cm³/mol. The van der Waals surface area contributed by atoms with Crippen LogP contribution < -0.4 is 4.90 Å². The highest BCUT2D eigenvalue weighted by Gasteiger charge is 2.32. The van der Waals surface area contributed by atoms with Crippen molar-refractivity contribution in [3.63, 3.8) is 0 Å². The van der Waals surface area contributed by atoms with Gasteiger partial charge in [-0.05, 0) is 42.9 Å². The number of carbonyl (C=O) groups excluding carboxylic acids is 1. The fraction of sp³-hybridized carbons (Fsp3) is 0.533. The Labute approximate surface area is 122 Å². The van der Waals surface area contributed by atoms with Gasteiger partial charge in [0.2, 0.25) is 0 Å². The van der Waals surface area contributed by atoms with Crippen molar-refractivity contribution in [2.75, 3.05) is 23.4 Å². The van der Waals surface area contributed by atoms with Gasteiger partial charge in [-0.2, -0.15) is 0 Å². The third kappa shape index (κ3) is 2.56. The second kappa shape index (κ2) is 5.63. The maximum atomic E-state index is 12.4. The number of nitrogens with zero attached hydrogens (tertiary/aromatic N) is 1. The molecule has 1 aromatic carbocycles. The van der Waals surface area contributed by atoms with Crippen LogP contribution in [0.25, 0.3) is 0 Å². The van der Waals surface area contributed by atoms with Crippen LogP contribution >= 0.6 is 15.9 Å². The Morgan fingerprint density at radius 2 is 2.37 bits per heavy atom. The van der Waals surface area contributed by atoms with Crippen molar-refractivity contribution in [2.45, 2.75) is 31.8 Å². The lowest BCUT2D eigenvalue weighted by atomic mass is 10.1. The molecule has 2 aliphatic heterocycles. The number of hydrogen-bond donors (Lipinski definition) is 0.